The van der Waals surface area contributed by atoms with Gasteiger partial charge in [0.05, 0.1) is 0 Å². The van der Waals surface area contributed by atoms with Crippen molar-refractivity contribution in [3.05, 3.63) is 90.3 Å². The van der Waals surface area contributed by atoms with Crippen molar-refractivity contribution in [2.75, 3.05) is 10.6 Å². The second kappa shape index (κ2) is 8.58. The van der Waals surface area contributed by atoms with Gasteiger partial charge in [-0.25, -0.2) is 15.0 Å². The first kappa shape index (κ1) is 20.0. The van der Waals surface area contributed by atoms with Gasteiger partial charge in [0.1, 0.15) is 23.8 Å². The second-order valence-corrected chi connectivity index (χ2v) is 6.90. The predicted octanol–water partition coefficient (Wildman–Crippen LogP) is 4.17. The number of carbonyl (C=O) groups is 2. The van der Waals surface area contributed by atoms with Crippen molar-refractivity contribution < 1.29 is 9.59 Å². The molecule has 2 aromatic heterocycles. The third-order valence-electron chi connectivity index (χ3n) is 4.69. The lowest BCUT2D eigenvalue weighted by Gasteiger charge is -2.10. The van der Waals surface area contributed by atoms with Crippen LogP contribution in [0.3, 0.4) is 0 Å². The molecule has 2 aromatic carbocycles. The fourth-order valence-electron chi connectivity index (χ4n) is 3.01. The van der Waals surface area contributed by atoms with Gasteiger partial charge in [0.15, 0.2) is 5.78 Å². The topological polar surface area (TPSA) is 102 Å². The summed E-state index contributed by atoms with van der Waals surface area (Å²) in [4.78, 5) is 36.5. The quantitative estimate of drug-likeness (QED) is 0.461. The SMILES string of the molecule is CC(=O)c1ccc(C(=O)Nc2ccc(Nc3cc(-n4ccnc4C)ncn3)cc2)cc1. The summed E-state index contributed by atoms with van der Waals surface area (Å²) < 4.78 is 1.87. The van der Waals surface area contributed by atoms with E-state index in [0.29, 0.717) is 28.5 Å². The lowest BCUT2D eigenvalue weighted by Crippen LogP contribution is -2.12. The highest BCUT2D eigenvalue weighted by atomic mass is 16.1. The Bertz CT molecular complexity index is 1230. The fraction of sp³-hybridized carbons (Fsp3) is 0.0870. The van der Waals surface area contributed by atoms with Crippen LogP contribution in [0.15, 0.2) is 73.3 Å². The summed E-state index contributed by atoms with van der Waals surface area (Å²) in [5, 5.41) is 6.07. The number of hydrogen-bond donors (Lipinski definition) is 2. The number of carbonyl (C=O) groups excluding carboxylic acids is 2. The summed E-state index contributed by atoms with van der Waals surface area (Å²) >= 11 is 0. The molecule has 0 saturated heterocycles. The number of benzene rings is 2. The number of aromatic nitrogens is 4. The van der Waals surface area contributed by atoms with E-state index in [1.165, 1.54) is 13.3 Å². The van der Waals surface area contributed by atoms with Crippen LogP contribution in [0, 0.1) is 6.92 Å². The number of anilines is 3. The van der Waals surface area contributed by atoms with Crippen molar-refractivity contribution in [2.24, 2.45) is 0 Å². The molecule has 31 heavy (non-hydrogen) atoms. The van der Waals surface area contributed by atoms with Crippen LogP contribution in [0.1, 0.15) is 33.5 Å². The van der Waals surface area contributed by atoms with Crippen molar-refractivity contribution in [2.45, 2.75) is 13.8 Å². The van der Waals surface area contributed by atoms with E-state index in [9.17, 15) is 9.59 Å². The van der Waals surface area contributed by atoms with Gasteiger partial charge in [-0.1, -0.05) is 12.1 Å². The number of nitrogens with one attached hydrogen (secondary N) is 2. The standard InChI is InChI=1S/C23H20N6O2/c1-15(30)17-3-5-18(6-4-17)23(31)28-20-9-7-19(8-10-20)27-21-13-22(26-14-25-21)29-12-11-24-16(29)2/h3-14H,1-2H3,(H,28,31)(H,25,26,27). The molecule has 0 aliphatic heterocycles. The first-order valence-electron chi connectivity index (χ1n) is 9.61. The average molecular weight is 412 g/mol. The Hall–Kier alpha value is -4.33. The smallest absolute Gasteiger partial charge is 0.255 e. The molecule has 1 amide bonds. The van der Waals surface area contributed by atoms with Gasteiger partial charge in [0.2, 0.25) is 0 Å². The Morgan fingerprint density at radius 1 is 0.871 bits per heavy atom. The summed E-state index contributed by atoms with van der Waals surface area (Å²) in [6.07, 6.45) is 5.05. The van der Waals surface area contributed by atoms with Gasteiger partial charge < -0.3 is 10.6 Å². The molecule has 4 aromatic rings. The number of imidazole rings is 1. The number of aryl methyl sites for hydroxylation is 1. The maximum Gasteiger partial charge on any atom is 0.255 e. The van der Waals surface area contributed by atoms with E-state index >= 15 is 0 Å². The van der Waals surface area contributed by atoms with Crippen molar-refractivity contribution >= 4 is 28.9 Å². The van der Waals surface area contributed by atoms with Gasteiger partial charge in [-0.2, -0.15) is 0 Å². The van der Waals surface area contributed by atoms with Crippen LogP contribution in [0.25, 0.3) is 5.82 Å². The van der Waals surface area contributed by atoms with Gasteiger partial charge in [-0.15, -0.1) is 0 Å². The monoisotopic (exact) mass is 412 g/mol. The van der Waals surface area contributed by atoms with Crippen molar-refractivity contribution in [3.63, 3.8) is 0 Å². The van der Waals surface area contributed by atoms with Crippen LogP contribution >= 0.6 is 0 Å². The Balaban J connectivity index is 1.42. The van der Waals surface area contributed by atoms with E-state index in [0.717, 1.165) is 11.5 Å². The van der Waals surface area contributed by atoms with Crippen LogP contribution < -0.4 is 10.6 Å². The minimum absolute atomic E-state index is 0.0361. The summed E-state index contributed by atoms with van der Waals surface area (Å²) in [6.45, 7) is 3.39. The number of Topliss-reactive ketones (excluding diaryl/α,β-unsaturated/α-hetero) is 1. The highest BCUT2D eigenvalue weighted by Crippen LogP contribution is 2.19. The molecule has 0 radical (unpaired) electrons. The van der Waals surface area contributed by atoms with E-state index in [1.54, 1.807) is 42.6 Å². The third-order valence-corrected chi connectivity index (χ3v) is 4.69. The fourth-order valence-corrected chi connectivity index (χ4v) is 3.01. The molecule has 8 heteroatoms. The Morgan fingerprint density at radius 2 is 1.55 bits per heavy atom. The first-order chi connectivity index (χ1) is 15.0. The Labute approximate surface area is 179 Å². The molecule has 0 saturated carbocycles. The second-order valence-electron chi connectivity index (χ2n) is 6.90. The summed E-state index contributed by atoms with van der Waals surface area (Å²) in [5.41, 5.74) is 2.53. The zero-order valence-electron chi connectivity index (χ0n) is 17.0. The van der Waals surface area contributed by atoms with Crippen LogP contribution in [0.2, 0.25) is 0 Å². The normalized spacial score (nSPS) is 10.5. The summed E-state index contributed by atoms with van der Waals surface area (Å²) in [7, 11) is 0. The minimum Gasteiger partial charge on any atom is -0.340 e. The predicted molar refractivity (Wildman–Crippen MR) is 118 cm³/mol. The van der Waals surface area contributed by atoms with Crippen LogP contribution in [-0.2, 0) is 0 Å². The van der Waals surface area contributed by atoms with Crippen LogP contribution in [0.5, 0.6) is 0 Å². The van der Waals surface area contributed by atoms with Gasteiger partial charge in [0.25, 0.3) is 5.91 Å². The van der Waals surface area contributed by atoms with E-state index in [1.807, 2.05) is 35.9 Å². The third kappa shape index (κ3) is 4.64. The molecule has 8 nitrogen and oxygen atoms in total. The highest BCUT2D eigenvalue weighted by molar-refractivity contribution is 6.05. The summed E-state index contributed by atoms with van der Waals surface area (Å²) in [6, 6.07) is 15.7. The molecule has 154 valence electrons. The average Bonchev–Trinajstić information content (AvgIpc) is 3.21. The van der Waals surface area contributed by atoms with E-state index in [-0.39, 0.29) is 11.7 Å². The first-order valence-corrected chi connectivity index (χ1v) is 9.61. The molecule has 0 spiro atoms. The van der Waals surface area contributed by atoms with E-state index in [2.05, 4.69) is 25.6 Å². The molecule has 0 bridgehead atoms. The molecule has 2 heterocycles. The Kier molecular flexibility index (Phi) is 5.53. The van der Waals surface area contributed by atoms with Gasteiger partial charge in [-0.3, -0.25) is 14.2 Å². The van der Waals surface area contributed by atoms with Crippen molar-refractivity contribution in [1.82, 2.24) is 19.5 Å². The van der Waals surface area contributed by atoms with Crippen LogP contribution in [0.4, 0.5) is 17.2 Å². The molecule has 0 atom stereocenters. The highest BCUT2D eigenvalue weighted by Gasteiger charge is 2.08. The molecular weight excluding hydrogens is 392 g/mol. The largest absolute Gasteiger partial charge is 0.340 e. The van der Waals surface area contributed by atoms with Gasteiger partial charge >= 0.3 is 0 Å². The maximum atomic E-state index is 12.4. The zero-order chi connectivity index (χ0) is 21.8. The van der Waals surface area contributed by atoms with Crippen LogP contribution in [-0.4, -0.2) is 31.2 Å². The number of hydrogen-bond acceptors (Lipinski definition) is 6. The molecule has 4 rings (SSSR count). The van der Waals surface area contributed by atoms with E-state index in [4.69, 9.17) is 0 Å². The molecule has 0 aliphatic rings. The Morgan fingerprint density at radius 3 is 2.19 bits per heavy atom. The molecule has 0 aliphatic carbocycles. The molecule has 0 fully saturated rings. The van der Waals surface area contributed by atoms with Gasteiger partial charge in [-0.05, 0) is 50.2 Å². The van der Waals surface area contributed by atoms with Gasteiger partial charge in [0, 0.05) is 41.0 Å². The maximum absolute atomic E-state index is 12.4. The van der Waals surface area contributed by atoms with Crippen molar-refractivity contribution in [1.29, 1.82) is 0 Å². The number of rotatable bonds is 6. The number of ketones is 1. The molecule has 2 N–H and O–H groups in total. The molecular formula is C23H20N6O2. The number of amides is 1. The minimum atomic E-state index is -0.244. The van der Waals surface area contributed by atoms with Crippen molar-refractivity contribution in [3.8, 4) is 5.82 Å². The summed E-state index contributed by atoms with van der Waals surface area (Å²) in [5.74, 6) is 1.91. The number of nitrogens with zero attached hydrogens (tertiary/aromatic N) is 4. The lowest BCUT2D eigenvalue weighted by atomic mass is 10.1. The van der Waals surface area contributed by atoms with E-state index < -0.39 is 0 Å². The lowest BCUT2D eigenvalue weighted by molar-refractivity contribution is 0.101. The zero-order valence-corrected chi connectivity index (χ0v) is 17.0. The molecule has 0 unspecified atom stereocenters.